The third-order valence-corrected chi connectivity index (χ3v) is 3.74. The summed E-state index contributed by atoms with van der Waals surface area (Å²) < 4.78 is 15.4. The normalized spacial score (nSPS) is 31.2. The van der Waals surface area contributed by atoms with E-state index in [1.54, 1.807) is 0 Å². The highest BCUT2D eigenvalue weighted by Gasteiger charge is 2.45. The summed E-state index contributed by atoms with van der Waals surface area (Å²) in [6, 6.07) is 6.02. The number of aromatic hydroxyl groups is 1. The standard InChI is InChI=1S/C15H19NO8/c1-22-9-3-2-7(4-8(9)18)10(5-16)23-15-14(21)13(20)12(19)11(6-17)24-15/h2-4,10-15,17-21H,6H2,1H3. The molecule has 1 heterocycles. The van der Waals surface area contributed by atoms with Crippen LogP contribution in [0, 0.1) is 11.3 Å². The molecular formula is C15H19NO8. The molecule has 1 aliphatic heterocycles. The monoisotopic (exact) mass is 341 g/mol. The Morgan fingerprint density at radius 1 is 1.25 bits per heavy atom. The number of benzene rings is 1. The van der Waals surface area contributed by atoms with Crippen LogP contribution in [0.5, 0.6) is 11.5 Å². The van der Waals surface area contributed by atoms with E-state index in [4.69, 9.17) is 19.3 Å². The van der Waals surface area contributed by atoms with E-state index in [0.717, 1.165) is 0 Å². The summed E-state index contributed by atoms with van der Waals surface area (Å²) in [5.74, 6) is 0.0101. The van der Waals surface area contributed by atoms with Crippen molar-refractivity contribution in [1.82, 2.24) is 0 Å². The van der Waals surface area contributed by atoms with Crippen molar-refractivity contribution in [2.45, 2.75) is 36.8 Å². The predicted octanol–water partition coefficient (Wildman–Crippen LogP) is -1.22. The van der Waals surface area contributed by atoms with Gasteiger partial charge < -0.3 is 39.7 Å². The van der Waals surface area contributed by atoms with Crippen molar-refractivity contribution in [3.8, 4) is 17.6 Å². The summed E-state index contributed by atoms with van der Waals surface area (Å²) in [7, 11) is 1.38. The fourth-order valence-electron chi connectivity index (χ4n) is 2.37. The number of nitrogens with zero attached hydrogens (tertiary/aromatic N) is 1. The zero-order valence-electron chi connectivity index (χ0n) is 12.8. The molecule has 9 heteroatoms. The first-order valence-electron chi connectivity index (χ1n) is 7.15. The van der Waals surface area contributed by atoms with Gasteiger partial charge >= 0.3 is 0 Å². The number of methoxy groups -OCH3 is 1. The van der Waals surface area contributed by atoms with Crippen LogP contribution in [0.3, 0.4) is 0 Å². The Morgan fingerprint density at radius 3 is 2.50 bits per heavy atom. The zero-order chi connectivity index (χ0) is 17.9. The summed E-state index contributed by atoms with van der Waals surface area (Å²) in [6.45, 7) is -0.606. The Bertz CT molecular complexity index is 602. The lowest BCUT2D eigenvalue weighted by atomic mass is 9.99. The molecule has 1 aliphatic rings. The van der Waals surface area contributed by atoms with E-state index in [1.165, 1.54) is 25.3 Å². The molecule has 0 spiro atoms. The largest absolute Gasteiger partial charge is 0.504 e. The molecule has 0 saturated carbocycles. The highest BCUT2D eigenvalue weighted by Crippen LogP contribution is 2.32. The topological polar surface area (TPSA) is 153 Å². The van der Waals surface area contributed by atoms with Gasteiger partial charge in [-0.3, -0.25) is 0 Å². The minimum atomic E-state index is -1.62. The van der Waals surface area contributed by atoms with Gasteiger partial charge in [0.1, 0.15) is 24.4 Å². The van der Waals surface area contributed by atoms with Crippen LogP contribution in [0.25, 0.3) is 0 Å². The SMILES string of the molecule is COc1ccc(C(C#N)OC2OC(CO)C(O)C(O)C2O)cc1O. The maximum atomic E-state index is 9.93. The maximum Gasteiger partial charge on any atom is 0.188 e. The third-order valence-electron chi connectivity index (χ3n) is 3.74. The molecule has 1 fully saturated rings. The molecule has 9 nitrogen and oxygen atoms in total. The molecule has 24 heavy (non-hydrogen) atoms. The second-order valence-corrected chi connectivity index (χ2v) is 5.27. The molecule has 0 amide bonds. The van der Waals surface area contributed by atoms with Crippen molar-refractivity contribution in [2.24, 2.45) is 0 Å². The smallest absolute Gasteiger partial charge is 0.188 e. The quantitative estimate of drug-likeness (QED) is 0.443. The maximum absolute atomic E-state index is 9.93. The Balaban J connectivity index is 2.17. The minimum absolute atomic E-state index is 0.201. The van der Waals surface area contributed by atoms with Gasteiger partial charge in [-0.05, 0) is 17.7 Å². The first kappa shape index (κ1) is 18.4. The average Bonchev–Trinajstić information content (AvgIpc) is 2.59. The molecular weight excluding hydrogens is 322 g/mol. The molecule has 0 radical (unpaired) electrons. The van der Waals surface area contributed by atoms with E-state index in [1.807, 2.05) is 6.07 Å². The minimum Gasteiger partial charge on any atom is -0.504 e. The van der Waals surface area contributed by atoms with Crippen molar-refractivity contribution in [3.63, 3.8) is 0 Å². The molecule has 6 atom stereocenters. The van der Waals surface area contributed by atoms with E-state index in [0.29, 0.717) is 0 Å². The summed E-state index contributed by atoms with van der Waals surface area (Å²) in [5.41, 5.74) is 0.271. The van der Waals surface area contributed by atoms with E-state index in [2.05, 4.69) is 0 Å². The molecule has 5 N–H and O–H groups in total. The summed E-state index contributed by atoms with van der Waals surface area (Å²) in [6.07, 6.45) is -8.57. The molecule has 0 bridgehead atoms. The number of nitriles is 1. The van der Waals surface area contributed by atoms with Gasteiger partial charge in [0, 0.05) is 0 Å². The van der Waals surface area contributed by atoms with Crippen molar-refractivity contribution >= 4 is 0 Å². The molecule has 1 aromatic rings. The first-order chi connectivity index (χ1) is 11.4. The van der Waals surface area contributed by atoms with Gasteiger partial charge in [0.05, 0.1) is 19.8 Å². The average molecular weight is 341 g/mol. The van der Waals surface area contributed by atoms with Crippen molar-refractivity contribution < 1.29 is 39.7 Å². The van der Waals surface area contributed by atoms with E-state index >= 15 is 0 Å². The predicted molar refractivity (Wildman–Crippen MR) is 77.9 cm³/mol. The van der Waals surface area contributed by atoms with Gasteiger partial charge in [0.15, 0.2) is 23.9 Å². The van der Waals surface area contributed by atoms with Gasteiger partial charge in [0.25, 0.3) is 0 Å². The Labute approximate surface area is 137 Å². The van der Waals surface area contributed by atoms with E-state index in [-0.39, 0.29) is 17.1 Å². The number of aliphatic hydroxyl groups is 4. The fraction of sp³-hybridized carbons (Fsp3) is 0.533. The molecule has 0 aliphatic carbocycles. The van der Waals surface area contributed by atoms with E-state index in [9.17, 15) is 25.7 Å². The van der Waals surface area contributed by atoms with Crippen molar-refractivity contribution in [3.05, 3.63) is 23.8 Å². The van der Waals surface area contributed by atoms with Gasteiger partial charge in [-0.25, -0.2) is 0 Å². The van der Waals surface area contributed by atoms with Crippen LogP contribution in [0.1, 0.15) is 11.7 Å². The second-order valence-electron chi connectivity index (χ2n) is 5.27. The van der Waals surface area contributed by atoms with Crippen LogP contribution in [-0.4, -0.2) is 70.0 Å². The van der Waals surface area contributed by atoms with E-state index < -0.39 is 43.4 Å². The molecule has 0 aromatic heterocycles. The summed E-state index contributed by atoms with van der Waals surface area (Å²) in [5, 5.41) is 57.6. The Morgan fingerprint density at radius 2 is 1.96 bits per heavy atom. The lowest BCUT2D eigenvalue weighted by Gasteiger charge is -2.40. The van der Waals surface area contributed by atoms with Gasteiger partial charge in [-0.15, -0.1) is 0 Å². The fourth-order valence-corrected chi connectivity index (χ4v) is 2.37. The number of ether oxygens (including phenoxy) is 3. The molecule has 1 aromatic carbocycles. The Hall–Kier alpha value is -1.93. The van der Waals surface area contributed by atoms with Gasteiger partial charge in [-0.2, -0.15) is 5.26 Å². The number of phenols is 1. The lowest BCUT2D eigenvalue weighted by molar-refractivity contribution is -0.307. The van der Waals surface area contributed by atoms with Crippen LogP contribution < -0.4 is 4.74 Å². The highest BCUT2D eigenvalue weighted by atomic mass is 16.7. The molecule has 132 valence electrons. The third kappa shape index (κ3) is 3.59. The summed E-state index contributed by atoms with van der Waals surface area (Å²) >= 11 is 0. The zero-order valence-corrected chi connectivity index (χ0v) is 12.8. The molecule has 2 rings (SSSR count). The van der Waals surface area contributed by atoms with Gasteiger partial charge in [-0.1, -0.05) is 6.07 Å². The first-order valence-corrected chi connectivity index (χ1v) is 7.15. The number of aliphatic hydroxyl groups excluding tert-OH is 4. The number of hydrogen-bond donors (Lipinski definition) is 5. The molecule has 6 unspecified atom stereocenters. The van der Waals surface area contributed by atoms with Crippen LogP contribution >= 0.6 is 0 Å². The number of phenolic OH excluding ortho intramolecular Hbond substituents is 1. The van der Waals surface area contributed by atoms with Crippen LogP contribution in [0.2, 0.25) is 0 Å². The van der Waals surface area contributed by atoms with Crippen LogP contribution in [-0.2, 0) is 9.47 Å². The number of rotatable bonds is 5. The van der Waals surface area contributed by atoms with Crippen molar-refractivity contribution in [1.29, 1.82) is 5.26 Å². The van der Waals surface area contributed by atoms with Crippen LogP contribution in [0.4, 0.5) is 0 Å². The van der Waals surface area contributed by atoms with Crippen molar-refractivity contribution in [2.75, 3.05) is 13.7 Å². The summed E-state index contributed by atoms with van der Waals surface area (Å²) in [4.78, 5) is 0. The second kappa shape index (κ2) is 7.76. The highest BCUT2D eigenvalue weighted by molar-refractivity contribution is 5.43. The number of hydrogen-bond acceptors (Lipinski definition) is 9. The Kier molecular flexibility index (Phi) is 5.95. The van der Waals surface area contributed by atoms with Gasteiger partial charge in [0.2, 0.25) is 0 Å². The lowest BCUT2D eigenvalue weighted by Crippen LogP contribution is -2.59. The van der Waals surface area contributed by atoms with Crippen LogP contribution in [0.15, 0.2) is 18.2 Å². The molecule has 1 saturated heterocycles.